The predicted molar refractivity (Wildman–Crippen MR) is 98.3 cm³/mol. The lowest BCUT2D eigenvalue weighted by Crippen LogP contribution is -2.45. The van der Waals surface area contributed by atoms with Crippen molar-refractivity contribution in [3.8, 4) is 0 Å². The molecule has 5 nitrogen and oxygen atoms in total. The van der Waals surface area contributed by atoms with Crippen LogP contribution in [-0.2, 0) is 4.79 Å². The van der Waals surface area contributed by atoms with E-state index in [2.05, 4.69) is 14.9 Å². The Morgan fingerprint density at radius 1 is 1.12 bits per heavy atom. The van der Waals surface area contributed by atoms with Crippen LogP contribution in [-0.4, -0.2) is 58.5 Å². The van der Waals surface area contributed by atoms with Gasteiger partial charge in [0.1, 0.15) is 18.0 Å². The van der Waals surface area contributed by atoms with E-state index in [1.54, 1.807) is 6.07 Å². The number of nitrogens with zero attached hydrogens (tertiary/aromatic N) is 4. The first-order chi connectivity index (χ1) is 12.2. The summed E-state index contributed by atoms with van der Waals surface area (Å²) in [5, 5.41) is 0.863. The highest BCUT2D eigenvalue weighted by Gasteiger charge is 2.30. The number of halogens is 1. The monoisotopic (exact) mass is 360 g/mol. The van der Waals surface area contributed by atoms with Crippen molar-refractivity contribution < 1.29 is 9.18 Å². The second-order valence-corrected chi connectivity index (χ2v) is 7.78. The van der Waals surface area contributed by atoms with Gasteiger partial charge in [-0.25, -0.2) is 14.4 Å². The van der Waals surface area contributed by atoms with Gasteiger partial charge in [0, 0.05) is 55.1 Å². The number of hydrogen-bond donors (Lipinski definition) is 0. The minimum atomic E-state index is -0.291. The Morgan fingerprint density at radius 2 is 1.88 bits per heavy atom. The second kappa shape index (κ2) is 7.15. The molecular weight excluding hydrogens is 339 g/mol. The summed E-state index contributed by atoms with van der Waals surface area (Å²) >= 11 is 1.92. The molecule has 0 radical (unpaired) electrons. The van der Waals surface area contributed by atoms with E-state index >= 15 is 0 Å². The van der Waals surface area contributed by atoms with Gasteiger partial charge in [-0.2, -0.15) is 11.8 Å². The van der Waals surface area contributed by atoms with Gasteiger partial charge in [0.05, 0.1) is 5.52 Å². The fourth-order valence-corrected chi connectivity index (χ4v) is 4.55. The largest absolute Gasteiger partial charge is 0.356 e. The van der Waals surface area contributed by atoms with Gasteiger partial charge in [-0.15, -0.1) is 0 Å². The van der Waals surface area contributed by atoms with Gasteiger partial charge in [-0.3, -0.25) is 4.79 Å². The number of thioether (sulfide) groups is 1. The first kappa shape index (κ1) is 16.6. The average Bonchev–Trinajstić information content (AvgIpc) is 2.67. The van der Waals surface area contributed by atoms with Gasteiger partial charge < -0.3 is 9.80 Å². The Hall–Kier alpha value is -1.89. The molecule has 2 aliphatic rings. The summed E-state index contributed by atoms with van der Waals surface area (Å²) in [6.45, 7) is 3.35. The zero-order chi connectivity index (χ0) is 17.2. The minimum Gasteiger partial charge on any atom is -0.356 e. The van der Waals surface area contributed by atoms with Crippen molar-refractivity contribution in [3.63, 3.8) is 0 Å². The minimum absolute atomic E-state index is 0.116. The molecule has 2 aliphatic heterocycles. The molecule has 0 unspecified atom stereocenters. The predicted octanol–water partition coefficient (Wildman–Crippen LogP) is 2.56. The van der Waals surface area contributed by atoms with Crippen LogP contribution in [0.25, 0.3) is 10.9 Å². The summed E-state index contributed by atoms with van der Waals surface area (Å²) in [5.74, 6) is 3.08. The number of rotatable bonds is 2. The summed E-state index contributed by atoms with van der Waals surface area (Å²) in [4.78, 5) is 25.5. The number of hydrogen-bond acceptors (Lipinski definition) is 5. The average molecular weight is 360 g/mol. The fourth-order valence-electron chi connectivity index (χ4n) is 3.65. The Labute approximate surface area is 150 Å². The number of carbonyl (C=O) groups is 1. The molecule has 4 rings (SSSR count). The van der Waals surface area contributed by atoms with Crippen molar-refractivity contribution in [2.75, 3.05) is 42.6 Å². The third-order valence-corrected chi connectivity index (χ3v) is 5.99. The van der Waals surface area contributed by atoms with Gasteiger partial charge in [0.25, 0.3) is 0 Å². The smallest absolute Gasteiger partial charge is 0.225 e. The summed E-state index contributed by atoms with van der Waals surface area (Å²) in [5.41, 5.74) is 0.619. The van der Waals surface area contributed by atoms with Crippen LogP contribution in [0.1, 0.15) is 12.8 Å². The molecular formula is C18H21FN4OS. The maximum absolute atomic E-state index is 13.4. The molecule has 1 amide bonds. The number of carbonyl (C=O) groups excluding carboxylic acids is 1. The highest BCUT2D eigenvalue weighted by Crippen LogP contribution is 2.28. The normalized spacial score (nSPS) is 19.4. The molecule has 25 heavy (non-hydrogen) atoms. The van der Waals surface area contributed by atoms with E-state index in [0.29, 0.717) is 11.4 Å². The van der Waals surface area contributed by atoms with E-state index in [1.165, 1.54) is 18.5 Å². The SMILES string of the molecule is O=C(C1CCN(c2ncnc3cc(F)ccc23)CC1)N1CCSCC1. The number of piperidine rings is 1. The van der Waals surface area contributed by atoms with E-state index in [0.717, 1.165) is 61.7 Å². The van der Waals surface area contributed by atoms with Crippen molar-refractivity contribution >= 4 is 34.4 Å². The van der Waals surface area contributed by atoms with Crippen molar-refractivity contribution in [1.29, 1.82) is 0 Å². The molecule has 0 atom stereocenters. The summed E-state index contributed by atoms with van der Waals surface area (Å²) < 4.78 is 13.4. The molecule has 1 aromatic heterocycles. The van der Waals surface area contributed by atoms with Crippen LogP contribution in [0.5, 0.6) is 0 Å². The van der Waals surface area contributed by atoms with E-state index in [1.807, 2.05) is 16.7 Å². The van der Waals surface area contributed by atoms with Crippen molar-refractivity contribution in [2.45, 2.75) is 12.8 Å². The molecule has 2 aromatic rings. The van der Waals surface area contributed by atoms with E-state index in [4.69, 9.17) is 0 Å². The molecule has 2 saturated heterocycles. The Morgan fingerprint density at radius 3 is 2.64 bits per heavy atom. The lowest BCUT2D eigenvalue weighted by atomic mass is 9.95. The number of fused-ring (bicyclic) bond motifs is 1. The molecule has 132 valence electrons. The van der Waals surface area contributed by atoms with Crippen LogP contribution in [0.2, 0.25) is 0 Å². The molecule has 2 fully saturated rings. The molecule has 0 spiro atoms. The molecule has 0 saturated carbocycles. The topological polar surface area (TPSA) is 49.3 Å². The number of aromatic nitrogens is 2. The highest BCUT2D eigenvalue weighted by atomic mass is 32.2. The zero-order valence-corrected chi connectivity index (χ0v) is 14.8. The first-order valence-corrected chi connectivity index (χ1v) is 9.89. The number of anilines is 1. The Bertz CT molecular complexity index is 773. The third-order valence-electron chi connectivity index (χ3n) is 5.04. The maximum atomic E-state index is 13.4. The van der Waals surface area contributed by atoms with E-state index < -0.39 is 0 Å². The van der Waals surface area contributed by atoms with Crippen LogP contribution in [0.3, 0.4) is 0 Å². The highest BCUT2D eigenvalue weighted by molar-refractivity contribution is 7.99. The van der Waals surface area contributed by atoms with Gasteiger partial charge in [0.15, 0.2) is 0 Å². The summed E-state index contributed by atoms with van der Waals surface area (Å²) in [7, 11) is 0. The van der Waals surface area contributed by atoms with Gasteiger partial charge in [-0.05, 0) is 25.0 Å². The van der Waals surface area contributed by atoms with Gasteiger partial charge in [0.2, 0.25) is 5.91 Å². The van der Waals surface area contributed by atoms with Crippen LogP contribution in [0.15, 0.2) is 24.5 Å². The third kappa shape index (κ3) is 3.42. The second-order valence-electron chi connectivity index (χ2n) is 6.56. The quantitative estimate of drug-likeness (QED) is 0.824. The van der Waals surface area contributed by atoms with Crippen LogP contribution in [0.4, 0.5) is 10.2 Å². The Balaban J connectivity index is 1.46. The van der Waals surface area contributed by atoms with Gasteiger partial charge >= 0.3 is 0 Å². The van der Waals surface area contributed by atoms with Crippen LogP contribution in [0, 0.1) is 11.7 Å². The molecule has 0 aliphatic carbocycles. The molecule has 3 heterocycles. The van der Waals surface area contributed by atoms with Crippen LogP contribution >= 0.6 is 11.8 Å². The molecule has 7 heteroatoms. The lowest BCUT2D eigenvalue weighted by Gasteiger charge is -2.36. The molecule has 1 aromatic carbocycles. The lowest BCUT2D eigenvalue weighted by molar-refractivity contribution is -0.135. The van der Waals surface area contributed by atoms with Crippen molar-refractivity contribution in [3.05, 3.63) is 30.3 Å². The number of amides is 1. The van der Waals surface area contributed by atoms with E-state index in [-0.39, 0.29) is 11.7 Å². The summed E-state index contributed by atoms with van der Waals surface area (Å²) in [6.07, 6.45) is 3.17. The standard InChI is InChI=1S/C18H21FN4OS/c19-14-1-2-15-16(11-14)20-12-21-17(15)22-5-3-13(4-6-22)18(24)23-7-9-25-10-8-23/h1-2,11-13H,3-10H2. The number of benzene rings is 1. The van der Waals surface area contributed by atoms with Crippen LogP contribution < -0.4 is 4.90 Å². The molecule has 0 N–H and O–H groups in total. The zero-order valence-electron chi connectivity index (χ0n) is 14.0. The van der Waals surface area contributed by atoms with Gasteiger partial charge in [-0.1, -0.05) is 0 Å². The van der Waals surface area contributed by atoms with Crippen molar-refractivity contribution in [1.82, 2.24) is 14.9 Å². The van der Waals surface area contributed by atoms with E-state index in [9.17, 15) is 9.18 Å². The summed E-state index contributed by atoms with van der Waals surface area (Å²) in [6, 6.07) is 4.62. The maximum Gasteiger partial charge on any atom is 0.225 e. The Kier molecular flexibility index (Phi) is 4.74. The van der Waals surface area contributed by atoms with Crippen molar-refractivity contribution in [2.24, 2.45) is 5.92 Å². The first-order valence-electron chi connectivity index (χ1n) is 8.74. The molecule has 0 bridgehead atoms. The fraction of sp³-hybridized carbons (Fsp3) is 0.500.